The van der Waals surface area contributed by atoms with Gasteiger partial charge in [0.15, 0.2) is 12.6 Å². The first-order valence-electron chi connectivity index (χ1n) is 10.5. The highest BCUT2D eigenvalue weighted by molar-refractivity contribution is 5.98. The molecule has 0 spiro atoms. The van der Waals surface area contributed by atoms with Gasteiger partial charge in [-0.25, -0.2) is 0 Å². The van der Waals surface area contributed by atoms with Crippen LogP contribution < -0.4 is 0 Å². The number of nitrogens with zero attached hydrogens (tertiary/aromatic N) is 1. The maximum atomic E-state index is 11.3. The molecule has 0 fully saturated rings. The molecular weight excluding hydrogens is 414 g/mol. The Balaban J connectivity index is 0.000000118. The van der Waals surface area contributed by atoms with Crippen molar-refractivity contribution in [3.8, 4) is 0 Å². The summed E-state index contributed by atoms with van der Waals surface area (Å²) >= 11 is 0. The van der Waals surface area contributed by atoms with Crippen molar-refractivity contribution in [2.75, 3.05) is 7.05 Å². The fourth-order valence-electron chi connectivity index (χ4n) is 3.82. The van der Waals surface area contributed by atoms with E-state index in [1.807, 2.05) is 92.2 Å². The number of aromatic amines is 2. The van der Waals surface area contributed by atoms with Crippen molar-refractivity contribution < 1.29 is 14.4 Å². The molecule has 0 saturated carbocycles. The molecule has 1 amide bonds. The smallest absolute Gasteiger partial charge is 0.254 e. The zero-order valence-corrected chi connectivity index (χ0v) is 18.1. The Labute approximate surface area is 190 Å². The lowest BCUT2D eigenvalue weighted by Gasteiger charge is -2.04. The summed E-state index contributed by atoms with van der Waals surface area (Å²) in [6.07, 6.45) is 5.40. The number of nitrogens with one attached hydrogen (secondary N) is 2. The van der Waals surface area contributed by atoms with Gasteiger partial charge < -0.3 is 14.9 Å². The van der Waals surface area contributed by atoms with E-state index in [0.29, 0.717) is 0 Å². The van der Waals surface area contributed by atoms with E-state index in [0.717, 1.165) is 63.2 Å². The van der Waals surface area contributed by atoms with Crippen LogP contribution in [0.1, 0.15) is 36.6 Å². The number of aldehydes is 2. The summed E-state index contributed by atoms with van der Waals surface area (Å²) in [6.45, 7) is 0.759. The van der Waals surface area contributed by atoms with Crippen molar-refractivity contribution in [3.05, 3.63) is 107 Å². The molecule has 2 N–H and O–H groups in total. The Hall–Kier alpha value is -4.45. The molecule has 164 valence electrons. The van der Waals surface area contributed by atoms with Gasteiger partial charge in [0.05, 0.1) is 0 Å². The number of benzene rings is 3. The number of H-pyrrole nitrogens is 2. The van der Waals surface area contributed by atoms with Crippen LogP contribution in [0.2, 0.25) is 0 Å². The first kappa shape index (κ1) is 21.8. The van der Waals surface area contributed by atoms with Gasteiger partial charge in [-0.15, -0.1) is 0 Å². The minimum atomic E-state index is 0.139. The molecular formula is C27H23N3O3. The molecule has 2 aromatic heterocycles. The highest BCUT2D eigenvalue weighted by atomic mass is 16.2. The van der Waals surface area contributed by atoms with Crippen molar-refractivity contribution in [1.82, 2.24) is 14.9 Å². The number of hydrogen-bond donors (Lipinski definition) is 2. The molecule has 0 bridgehead atoms. The van der Waals surface area contributed by atoms with Crippen LogP contribution in [-0.2, 0) is 6.54 Å². The molecule has 6 nitrogen and oxygen atoms in total. The number of carbonyl (C=O) groups is 3. The molecule has 1 aliphatic rings. The second-order valence-corrected chi connectivity index (χ2v) is 7.63. The number of amides is 1. The molecule has 0 aliphatic carbocycles. The predicted octanol–water partition coefficient (Wildman–Crippen LogP) is 5.23. The Morgan fingerprint density at radius 3 is 1.79 bits per heavy atom. The molecule has 5 aromatic rings. The third kappa shape index (κ3) is 4.60. The molecule has 3 aromatic carbocycles. The maximum Gasteiger partial charge on any atom is 0.254 e. The summed E-state index contributed by atoms with van der Waals surface area (Å²) < 4.78 is 0. The van der Waals surface area contributed by atoms with Crippen LogP contribution in [0.3, 0.4) is 0 Å². The Morgan fingerprint density at radius 1 is 0.727 bits per heavy atom. The van der Waals surface area contributed by atoms with Gasteiger partial charge in [0, 0.05) is 64.5 Å². The van der Waals surface area contributed by atoms with Crippen LogP contribution in [0.4, 0.5) is 0 Å². The highest BCUT2D eigenvalue weighted by Gasteiger charge is 2.22. The zero-order valence-electron chi connectivity index (χ0n) is 18.1. The molecule has 33 heavy (non-hydrogen) atoms. The number of fused-ring (bicyclic) bond motifs is 3. The van der Waals surface area contributed by atoms with E-state index in [1.165, 1.54) is 0 Å². The van der Waals surface area contributed by atoms with Gasteiger partial charge in [0.2, 0.25) is 0 Å². The predicted molar refractivity (Wildman–Crippen MR) is 130 cm³/mol. The maximum absolute atomic E-state index is 11.3. The van der Waals surface area contributed by atoms with Crippen molar-refractivity contribution in [2.45, 2.75) is 6.54 Å². The molecule has 0 atom stereocenters. The first-order valence-corrected chi connectivity index (χ1v) is 10.5. The average molecular weight is 437 g/mol. The Kier molecular flexibility index (Phi) is 6.45. The Bertz CT molecular complexity index is 1350. The van der Waals surface area contributed by atoms with Crippen molar-refractivity contribution in [3.63, 3.8) is 0 Å². The minimum absolute atomic E-state index is 0.139. The van der Waals surface area contributed by atoms with Crippen molar-refractivity contribution in [2.24, 2.45) is 0 Å². The lowest BCUT2D eigenvalue weighted by Crippen LogP contribution is -2.17. The summed E-state index contributed by atoms with van der Waals surface area (Å²) in [5.41, 5.74) is 5.49. The third-order valence-corrected chi connectivity index (χ3v) is 5.51. The number of rotatable bonds is 2. The lowest BCUT2D eigenvalue weighted by atomic mass is 10.1. The summed E-state index contributed by atoms with van der Waals surface area (Å²) in [5.74, 6) is 0.139. The summed E-state index contributed by atoms with van der Waals surface area (Å²) in [4.78, 5) is 40.1. The van der Waals surface area contributed by atoms with Gasteiger partial charge in [-0.2, -0.15) is 0 Å². The highest BCUT2D eigenvalue weighted by Crippen LogP contribution is 2.20. The normalized spacial score (nSPS) is 11.9. The van der Waals surface area contributed by atoms with E-state index >= 15 is 0 Å². The van der Waals surface area contributed by atoms with Crippen LogP contribution in [0.5, 0.6) is 0 Å². The molecule has 0 radical (unpaired) electrons. The Morgan fingerprint density at radius 2 is 1.27 bits per heavy atom. The van der Waals surface area contributed by atoms with Crippen LogP contribution >= 0.6 is 0 Å². The second-order valence-electron chi connectivity index (χ2n) is 7.63. The van der Waals surface area contributed by atoms with Gasteiger partial charge >= 0.3 is 0 Å². The number of carbonyl (C=O) groups excluding carboxylic acids is 3. The molecule has 0 saturated heterocycles. The number of aromatic nitrogens is 2. The van der Waals surface area contributed by atoms with Crippen LogP contribution in [0.25, 0.3) is 21.8 Å². The lowest BCUT2D eigenvalue weighted by molar-refractivity contribution is 0.0816. The molecule has 6 heteroatoms. The van der Waals surface area contributed by atoms with Crippen molar-refractivity contribution in [1.29, 1.82) is 0 Å². The van der Waals surface area contributed by atoms with Crippen LogP contribution in [-0.4, -0.2) is 40.4 Å². The van der Waals surface area contributed by atoms with Gasteiger partial charge in [0.1, 0.15) is 0 Å². The molecule has 1 aliphatic heterocycles. The number of hydrogen-bond acceptors (Lipinski definition) is 3. The monoisotopic (exact) mass is 437 g/mol. The van der Waals surface area contributed by atoms with E-state index in [4.69, 9.17) is 0 Å². The first-order chi connectivity index (χ1) is 16.1. The van der Waals surface area contributed by atoms with Crippen LogP contribution in [0, 0.1) is 0 Å². The summed E-state index contributed by atoms with van der Waals surface area (Å²) in [7, 11) is 1.82. The molecule has 0 unspecified atom stereocenters. The third-order valence-electron chi connectivity index (χ3n) is 5.51. The topological polar surface area (TPSA) is 86.0 Å². The summed E-state index contributed by atoms with van der Waals surface area (Å²) in [6, 6.07) is 22.8. The van der Waals surface area contributed by atoms with E-state index in [1.54, 1.807) is 4.90 Å². The SMILES string of the molecule is CN1Cc2ccccc2C1=O.O=Cc1cccc2[nH]ccc12.O=Cc1cccc2[nH]ccc12. The molecule has 6 rings (SSSR count). The zero-order chi connectivity index (χ0) is 23.2. The van der Waals surface area contributed by atoms with Crippen molar-refractivity contribution >= 4 is 40.3 Å². The van der Waals surface area contributed by atoms with E-state index in [9.17, 15) is 14.4 Å². The summed E-state index contributed by atoms with van der Waals surface area (Å²) in [5, 5.41) is 1.98. The van der Waals surface area contributed by atoms with Crippen LogP contribution in [0.15, 0.2) is 85.2 Å². The average Bonchev–Trinajstić information content (AvgIpc) is 3.59. The quantitative estimate of drug-likeness (QED) is 0.371. The van der Waals surface area contributed by atoms with Gasteiger partial charge in [-0.05, 0) is 35.9 Å². The largest absolute Gasteiger partial charge is 0.361 e. The standard InChI is InChI=1S/C9H9NO.2C9H7NO/c1-10-6-7-4-2-3-5-8(7)9(10)11;2*11-6-7-2-1-3-9-8(7)4-5-10-9/h2-5H,6H2,1H3;2*1-6,10H. The molecule has 3 heterocycles. The fraction of sp³-hybridized carbons (Fsp3) is 0.0741. The minimum Gasteiger partial charge on any atom is -0.361 e. The second kappa shape index (κ2) is 9.78. The van der Waals surface area contributed by atoms with E-state index in [2.05, 4.69) is 9.97 Å². The van der Waals surface area contributed by atoms with E-state index < -0.39 is 0 Å². The fourth-order valence-corrected chi connectivity index (χ4v) is 3.82. The van der Waals surface area contributed by atoms with Gasteiger partial charge in [0.25, 0.3) is 5.91 Å². The van der Waals surface area contributed by atoms with Gasteiger partial charge in [-0.1, -0.05) is 42.5 Å². The van der Waals surface area contributed by atoms with Gasteiger partial charge in [-0.3, -0.25) is 14.4 Å². The van der Waals surface area contributed by atoms with E-state index in [-0.39, 0.29) is 5.91 Å².